The second-order valence-electron chi connectivity index (χ2n) is 4.26. The first kappa shape index (κ1) is 11.0. The Bertz CT molecular complexity index is 269. The van der Waals surface area contributed by atoms with Crippen LogP contribution in [0.2, 0.25) is 0 Å². The third-order valence-electron chi connectivity index (χ3n) is 2.36. The molecule has 1 aromatic rings. The minimum absolute atomic E-state index is 0.537. The lowest BCUT2D eigenvalue weighted by Gasteiger charge is -2.06. The molecule has 0 amide bonds. The molecular weight excluding hydrogens is 168 g/mol. The van der Waals surface area contributed by atoms with E-state index in [1.54, 1.807) is 0 Å². The fourth-order valence-electron chi connectivity index (χ4n) is 1.42. The monoisotopic (exact) mass is 188 g/mol. The van der Waals surface area contributed by atoms with Gasteiger partial charge in [-0.1, -0.05) is 63.3 Å². The van der Waals surface area contributed by atoms with Gasteiger partial charge in [-0.3, -0.25) is 0 Å². The third kappa shape index (κ3) is 3.78. The van der Waals surface area contributed by atoms with E-state index in [2.05, 4.69) is 63.3 Å². The summed E-state index contributed by atoms with van der Waals surface area (Å²) in [6.45, 7) is 6.74. The van der Waals surface area contributed by atoms with Crippen LogP contribution in [0.5, 0.6) is 0 Å². The molecule has 1 rings (SSSR count). The first-order valence-corrected chi connectivity index (χ1v) is 5.41. The number of rotatable bonds is 4. The summed E-state index contributed by atoms with van der Waals surface area (Å²) in [6.07, 6.45) is 5.77. The van der Waals surface area contributed by atoms with Crippen molar-refractivity contribution in [1.82, 2.24) is 0 Å². The number of benzene rings is 1. The lowest BCUT2D eigenvalue weighted by molar-refractivity contribution is 0.661. The second kappa shape index (κ2) is 5.64. The highest BCUT2D eigenvalue weighted by Crippen LogP contribution is 2.16. The zero-order valence-electron chi connectivity index (χ0n) is 9.40. The largest absolute Gasteiger partial charge is 0.0877 e. The van der Waals surface area contributed by atoms with Gasteiger partial charge in [-0.25, -0.2) is 0 Å². The van der Waals surface area contributed by atoms with Crippen LogP contribution >= 0.6 is 0 Å². The summed E-state index contributed by atoms with van der Waals surface area (Å²) in [5, 5.41) is 0. The second-order valence-corrected chi connectivity index (χ2v) is 4.26. The van der Waals surface area contributed by atoms with Crippen molar-refractivity contribution in [3.05, 3.63) is 48.0 Å². The van der Waals surface area contributed by atoms with Crippen molar-refractivity contribution < 1.29 is 0 Å². The maximum Gasteiger partial charge on any atom is -0.00104 e. The quantitative estimate of drug-likeness (QED) is 0.615. The van der Waals surface area contributed by atoms with E-state index in [1.807, 2.05) is 0 Å². The lowest BCUT2D eigenvalue weighted by atomic mass is 9.99. The van der Waals surface area contributed by atoms with Gasteiger partial charge in [0.05, 0.1) is 0 Å². The van der Waals surface area contributed by atoms with Crippen molar-refractivity contribution >= 4 is 0 Å². The van der Waals surface area contributed by atoms with Crippen LogP contribution in [0.25, 0.3) is 0 Å². The molecular formula is C14H20. The molecule has 0 aliphatic heterocycles. The van der Waals surface area contributed by atoms with Gasteiger partial charge in [-0.05, 0) is 23.8 Å². The summed E-state index contributed by atoms with van der Waals surface area (Å²) in [7, 11) is 0. The van der Waals surface area contributed by atoms with Gasteiger partial charge in [0.15, 0.2) is 0 Å². The maximum absolute atomic E-state index is 2.30. The zero-order valence-corrected chi connectivity index (χ0v) is 9.40. The summed E-state index contributed by atoms with van der Waals surface area (Å²) in [5.41, 5.74) is 1.40. The molecule has 76 valence electrons. The van der Waals surface area contributed by atoms with Crippen molar-refractivity contribution in [3.63, 3.8) is 0 Å². The Morgan fingerprint density at radius 1 is 1.07 bits per heavy atom. The SMILES string of the molecule is CC(C)C/C=C\C(C)c1ccccc1. The fourth-order valence-corrected chi connectivity index (χ4v) is 1.42. The van der Waals surface area contributed by atoms with Gasteiger partial charge < -0.3 is 0 Å². The molecule has 0 aliphatic rings. The van der Waals surface area contributed by atoms with E-state index in [1.165, 1.54) is 12.0 Å². The summed E-state index contributed by atoms with van der Waals surface area (Å²) < 4.78 is 0. The zero-order chi connectivity index (χ0) is 10.4. The Labute approximate surface area is 87.7 Å². The van der Waals surface area contributed by atoms with Crippen LogP contribution in [-0.2, 0) is 0 Å². The molecule has 0 heteroatoms. The van der Waals surface area contributed by atoms with Crippen LogP contribution in [0.15, 0.2) is 42.5 Å². The predicted octanol–water partition coefficient (Wildman–Crippen LogP) is 4.39. The normalized spacial score (nSPS) is 13.7. The molecule has 1 atom stereocenters. The highest BCUT2D eigenvalue weighted by molar-refractivity contribution is 5.22. The van der Waals surface area contributed by atoms with Crippen molar-refractivity contribution in [1.29, 1.82) is 0 Å². The Morgan fingerprint density at radius 2 is 1.71 bits per heavy atom. The molecule has 0 heterocycles. The van der Waals surface area contributed by atoms with E-state index in [-0.39, 0.29) is 0 Å². The molecule has 0 fully saturated rings. The number of hydrogen-bond acceptors (Lipinski definition) is 0. The third-order valence-corrected chi connectivity index (χ3v) is 2.36. The molecule has 0 radical (unpaired) electrons. The summed E-state index contributed by atoms with van der Waals surface area (Å²) in [6, 6.07) is 10.6. The molecule has 0 saturated carbocycles. The van der Waals surface area contributed by atoms with Gasteiger partial charge in [0.2, 0.25) is 0 Å². The van der Waals surface area contributed by atoms with Gasteiger partial charge in [-0.2, -0.15) is 0 Å². The van der Waals surface area contributed by atoms with Crippen molar-refractivity contribution in [3.8, 4) is 0 Å². The van der Waals surface area contributed by atoms with Crippen LogP contribution < -0.4 is 0 Å². The van der Waals surface area contributed by atoms with E-state index in [4.69, 9.17) is 0 Å². The van der Waals surface area contributed by atoms with Crippen LogP contribution in [0.4, 0.5) is 0 Å². The van der Waals surface area contributed by atoms with Crippen LogP contribution in [0.1, 0.15) is 38.7 Å². The smallest absolute Gasteiger partial charge is 0.00104 e. The molecule has 1 unspecified atom stereocenters. The van der Waals surface area contributed by atoms with Crippen molar-refractivity contribution in [2.45, 2.75) is 33.1 Å². The molecule has 0 aromatic heterocycles. The Hall–Kier alpha value is -1.04. The molecule has 0 bridgehead atoms. The average Bonchev–Trinajstić information content (AvgIpc) is 2.18. The first-order chi connectivity index (χ1) is 6.70. The molecule has 0 N–H and O–H groups in total. The lowest BCUT2D eigenvalue weighted by Crippen LogP contribution is -1.89. The van der Waals surface area contributed by atoms with Gasteiger partial charge in [0, 0.05) is 0 Å². The molecule has 14 heavy (non-hydrogen) atoms. The highest BCUT2D eigenvalue weighted by atomic mass is 14.0. The van der Waals surface area contributed by atoms with E-state index < -0.39 is 0 Å². The molecule has 0 nitrogen and oxygen atoms in total. The van der Waals surface area contributed by atoms with E-state index in [0.29, 0.717) is 5.92 Å². The maximum atomic E-state index is 2.30. The molecule has 0 aliphatic carbocycles. The predicted molar refractivity (Wildman–Crippen MR) is 63.5 cm³/mol. The number of allylic oxidation sites excluding steroid dienone is 2. The first-order valence-electron chi connectivity index (χ1n) is 5.41. The van der Waals surface area contributed by atoms with Gasteiger partial charge in [-0.15, -0.1) is 0 Å². The van der Waals surface area contributed by atoms with Crippen LogP contribution in [0, 0.1) is 5.92 Å². The Kier molecular flexibility index (Phi) is 4.45. The molecule has 0 spiro atoms. The minimum Gasteiger partial charge on any atom is -0.0877 e. The van der Waals surface area contributed by atoms with Gasteiger partial charge in [0.25, 0.3) is 0 Å². The topological polar surface area (TPSA) is 0 Å². The van der Waals surface area contributed by atoms with E-state index in [0.717, 1.165) is 5.92 Å². The molecule has 0 saturated heterocycles. The summed E-state index contributed by atoms with van der Waals surface area (Å²) in [4.78, 5) is 0. The number of hydrogen-bond donors (Lipinski definition) is 0. The fraction of sp³-hybridized carbons (Fsp3) is 0.429. The van der Waals surface area contributed by atoms with Gasteiger partial charge in [0.1, 0.15) is 0 Å². The van der Waals surface area contributed by atoms with Crippen LogP contribution in [-0.4, -0.2) is 0 Å². The average molecular weight is 188 g/mol. The van der Waals surface area contributed by atoms with E-state index >= 15 is 0 Å². The Morgan fingerprint density at radius 3 is 2.29 bits per heavy atom. The highest BCUT2D eigenvalue weighted by Gasteiger charge is 1.98. The standard InChI is InChI=1S/C14H20/c1-12(2)8-7-9-13(3)14-10-5-4-6-11-14/h4-7,9-13H,8H2,1-3H3/b9-7-. The summed E-state index contributed by atoms with van der Waals surface area (Å²) in [5.74, 6) is 1.30. The van der Waals surface area contributed by atoms with E-state index in [9.17, 15) is 0 Å². The van der Waals surface area contributed by atoms with Crippen molar-refractivity contribution in [2.24, 2.45) is 5.92 Å². The van der Waals surface area contributed by atoms with Crippen LogP contribution in [0.3, 0.4) is 0 Å². The van der Waals surface area contributed by atoms with Gasteiger partial charge >= 0.3 is 0 Å². The summed E-state index contributed by atoms with van der Waals surface area (Å²) >= 11 is 0. The Balaban J connectivity index is 2.50. The minimum atomic E-state index is 0.537. The van der Waals surface area contributed by atoms with Crippen molar-refractivity contribution in [2.75, 3.05) is 0 Å². The molecule has 1 aromatic carbocycles.